The first-order valence-electron chi connectivity index (χ1n) is 10.3. The minimum atomic E-state index is 0.125. The molecule has 2 aromatic rings. The van der Waals surface area contributed by atoms with Gasteiger partial charge in [0.05, 0.1) is 5.75 Å². The van der Waals surface area contributed by atoms with Crippen LogP contribution in [0, 0.1) is 19.8 Å². The Kier molecular flexibility index (Phi) is 5.95. The molecule has 1 saturated carbocycles. The van der Waals surface area contributed by atoms with Gasteiger partial charge in [-0.2, -0.15) is 0 Å². The fourth-order valence-electron chi connectivity index (χ4n) is 3.99. The van der Waals surface area contributed by atoms with E-state index in [4.69, 9.17) is 0 Å². The molecular weight excluding hydrogens is 380 g/mol. The summed E-state index contributed by atoms with van der Waals surface area (Å²) in [6, 6.07) is 16.6. The maximum Gasteiger partial charge on any atom is 0.233 e. The van der Waals surface area contributed by atoms with Crippen LogP contribution < -0.4 is 0 Å². The van der Waals surface area contributed by atoms with Crippen molar-refractivity contribution >= 4 is 23.6 Å². The first-order valence-corrected chi connectivity index (χ1v) is 11.3. The minimum Gasteiger partial charge on any atom is -0.339 e. The molecule has 1 heterocycles. The molecule has 0 aromatic heterocycles. The van der Waals surface area contributed by atoms with Gasteiger partial charge in [-0.3, -0.25) is 9.59 Å². The topological polar surface area (TPSA) is 40.6 Å². The third-order valence-corrected chi connectivity index (χ3v) is 7.10. The van der Waals surface area contributed by atoms with E-state index in [9.17, 15) is 9.59 Å². The number of carbonyl (C=O) groups excluding carboxylic acids is 2. The van der Waals surface area contributed by atoms with Gasteiger partial charge in [-0.25, -0.2) is 0 Å². The lowest BCUT2D eigenvalue weighted by atomic mass is 10.1. The normalized spacial score (nSPS) is 21.2. The number of rotatable bonds is 5. The van der Waals surface area contributed by atoms with Crippen molar-refractivity contribution in [2.24, 2.45) is 5.92 Å². The van der Waals surface area contributed by atoms with Crippen molar-refractivity contribution in [1.82, 2.24) is 9.80 Å². The molecule has 4 nitrogen and oxygen atoms in total. The molecular formula is C24H28N2O2S. The van der Waals surface area contributed by atoms with Gasteiger partial charge in [-0.05, 0) is 55.0 Å². The molecule has 1 aliphatic carbocycles. The molecule has 5 heteroatoms. The van der Waals surface area contributed by atoms with E-state index in [2.05, 4.69) is 44.2 Å². The molecule has 1 aliphatic heterocycles. The molecule has 2 aliphatic rings. The Bertz CT molecular complexity index is 891. The van der Waals surface area contributed by atoms with E-state index in [1.165, 1.54) is 16.7 Å². The molecule has 0 spiro atoms. The van der Waals surface area contributed by atoms with Crippen LogP contribution in [0.25, 0.3) is 0 Å². The van der Waals surface area contributed by atoms with Gasteiger partial charge >= 0.3 is 0 Å². The van der Waals surface area contributed by atoms with Gasteiger partial charge in [0.15, 0.2) is 0 Å². The van der Waals surface area contributed by atoms with E-state index in [0.717, 1.165) is 11.3 Å². The lowest BCUT2D eigenvalue weighted by Crippen LogP contribution is -2.51. The summed E-state index contributed by atoms with van der Waals surface area (Å²) in [5.41, 5.74) is 3.79. The highest BCUT2D eigenvalue weighted by Crippen LogP contribution is 2.48. The van der Waals surface area contributed by atoms with Gasteiger partial charge in [0.25, 0.3) is 0 Å². The van der Waals surface area contributed by atoms with Crippen molar-refractivity contribution in [3.8, 4) is 0 Å². The molecule has 1 saturated heterocycles. The average molecular weight is 409 g/mol. The Labute approximate surface area is 177 Å². The van der Waals surface area contributed by atoms with Crippen molar-refractivity contribution in [1.29, 1.82) is 0 Å². The van der Waals surface area contributed by atoms with E-state index in [1.807, 2.05) is 28.0 Å². The van der Waals surface area contributed by atoms with Gasteiger partial charge in [0.2, 0.25) is 11.8 Å². The highest BCUT2D eigenvalue weighted by molar-refractivity contribution is 8.00. The van der Waals surface area contributed by atoms with Crippen LogP contribution in [0.4, 0.5) is 0 Å². The predicted octanol–water partition coefficient (Wildman–Crippen LogP) is 3.87. The monoisotopic (exact) mass is 408 g/mol. The number of piperazine rings is 1. The highest BCUT2D eigenvalue weighted by atomic mass is 32.2. The number of hydrogen-bond acceptors (Lipinski definition) is 3. The molecule has 0 unspecified atom stereocenters. The summed E-state index contributed by atoms with van der Waals surface area (Å²) in [5.74, 6) is 1.37. The third-order valence-electron chi connectivity index (χ3n) is 6.12. The van der Waals surface area contributed by atoms with Crippen LogP contribution in [0.5, 0.6) is 0 Å². The molecule has 152 valence electrons. The second kappa shape index (κ2) is 8.62. The van der Waals surface area contributed by atoms with E-state index in [-0.39, 0.29) is 17.7 Å². The van der Waals surface area contributed by atoms with Gasteiger partial charge < -0.3 is 9.80 Å². The smallest absolute Gasteiger partial charge is 0.233 e. The molecule has 2 fully saturated rings. The summed E-state index contributed by atoms with van der Waals surface area (Å²) in [4.78, 5) is 30.4. The zero-order valence-electron chi connectivity index (χ0n) is 17.1. The SMILES string of the molecule is Cc1ccc(SCC(=O)N2CCN(C(=O)[C@@H]3C[C@H]3c3ccccc3)CC2)cc1C. The van der Waals surface area contributed by atoms with Gasteiger partial charge in [0.1, 0.15) is 0 Å². The Morgan fingerprint density at radius 1 is 0.931 bits per heavy atom. The Morgan fingerprint density at radius 2 is 1.62 bits per heavy atom. The summed E-state index contributed by atoms with van der Waals surface area (Å²) in [6.45, 7) is 6.77. The molecule has 2 aromatic carbocycles. The summed E-state index contributed by atoms with van der Waals surface area (Å²) in [6.07, 6.45) is 0.953. The standard InChI is InChI=1S/C24H28N2O2S/c1-17-8-9-20(14-18(17)2)29-16-23(27)25-10-12-26(13-11-25)24(28)22-15-21(22)19-6-4-3-5-7-19/h3-9,14,21-22H,10-13,15-16H2,1-2H3/t21-,22+/m0/s1. The Hall–Kier alpha value is -2.27. The Morgan fingerprint density at radius 3 is 2.31 bits per heavy atom. The lowest BCUT2D eigenvalue weighted by Gasteiger charge is -2.35. The van der Waals surface area contributed by atoms with Crippen molar-refractivity contribution in [3.63, 3.8) is 0 Å². The lowest BCUT2D eigenvalue weighted by molar-refractivity contribution is -0.139. The maximum atomic E-state index is 12.8. The van der Waals surface area contributed by atoms with E-state index in [1.54, 1.807) is 11.8 Å². The summed E-state index contributed by atoms with van der Waals surface area (Å²) >= 11 is 1.59. The number of aryl methyl sites for hydroxylation is 2. The molecule has 2 atom stereocenters. The molecule has 2 amide bonds. The van der Waals surface area contributed by atoms with Crippen LogP contribution in [0.3, 0.4) is 0 Å². The van der Waals surface area contributed by atoms with Crippen LogP contribution >= 0.6 is 11.8 Å². The largest absolute Gasteiger partial charge is 0.339 e. The maximum absolute atomic E-state index is 12.8. The highest BCUT2D eigenvalue weighted by Gasteiger charge is 2.46. The first kappa shape index (κ1) is 20.0. The molecule has 0 bridgehead atoms. The zero-order chi connectivity index (χ0) is 20.4. The molecule has 0 radical (unpaired) electrons. The Balaban J connectivity index is 1.23. The number of thioether (sulfide) groups is 1. The van der Waals surface area contributed by atoms with E-state index in [0.29, 0.717) is 37.8 Å². The van der Waals surface area contributed by atoms with Crippen molar-refractivity contribution in [2.45, 2.75) is 31.1 Å². The van der Waals surface area contributed by atoms with Crippen molar-refractivity contribution in [3.05, 3.63) is 65.2 Å². The third kappa shape index (κ3) is 4.67. The summed E-state index contributed by atoms with van der Waals surface area (Å²) in [7, 11) is 0. The average Bonchev–Trinajstić information content (AvgIpc) is 3.55. The second-order valence-electron chi connectivity index (χ2n) is 8.10. The fraction of sp³-hybridized carbons (Fsp3) is 0.417. The van der Waals surface area contributed by atoms with Gasteiger partial charge in [0, 0.05) is 37.0 Å². The van der Waals surface area contributed by atoms with E-state index < -0.39 is 0 Å². The van der Waals surface area contributed by atoms with Crippen LogP contribution in [-0.2, 0) is 9.59 Å². The van der Waals surface area contributed by atoms with Crippen molar-refractivity contribution < 1.29 is 9.59 Å². The van der Waals surface area contributed by atoms with Gasteiger partial charge in [-0.15, -0.1) is 11.8 Å². The quantitative estimate of drug-likeness (QED) is 0.705. The molecule has 4 rings (SSSR count). The summed E-state index contributed by atoms with van der Waals surface area (Å²) < 4.78 is 0. The number of benzene rings is 2. The number of amides is 2. The van der Waals surface area contributed by atoms with Crippen molar-refractivity contribution in [2.75, 3.05) is 31.9 Å². The van der Waals surface area contributed by atoms with Crippen LogP contribution in [-0.4, -0.2) is 53.5 Å². The first-order chi connectivity index (χ1) is 14.0. The fourth-order valence-corrected chi connectivity index (χ4v) is 4.88. The van der Waals surface area contributed by atoms with E-state index >= 15 is 0 Å². The number of carbonyl (C=O) groups is 2. The predicted molar refractivity (Wildman–Crippen MR) is 117 cm³/mol. The second-order valence-corrected chi connectivity index (χ2v) is 9.15. The number of nitrogens with zero attached hydrogens (tertiary/aromatic N) is 2. The summed E-state index contributed by atoms with van der Waals surface area (Å²) in [5, 5.41) is 0. The van der Waals surface area contributed by atoms with Gasteiger partial charge in [-0.1, -0.05) is 36.4 Å². The van der Waals surface area contributed by atoms with Crippen LogP contribution in [0.2, 0.25) is 0 Å². The number of hydrogen-bond donors (Lipinski definition) is 0. The molecule has 29 heavy (non-hydrogen) atoms. The molecule has 0 N–H and O–H groups in total. The van der Waals surface area contributed by atoms with Crippen LogP contribution in [0.1, 0.15) is 29.0 Å². The minimum absolute atomic E-state index is 0.125. The van der Waals surface area contributed by atoms with Crippen LogP contribution in [0.15, 0.2) is 53.4 Å². The zero-order valence-corrected chi connectivity index (χ0v) is 18.0.